The molecule has 4 nitrogen and oxygen atoms in total. The summed E-state index contributed by atoms with van der Waals surface area (Å²) in [6.45, 7) is 0. The van der Waals surface area contributed by atoms with Gasteiger partial charge in [0.1, 0.15) is 4.60 Å². The molecular formula is C8H4BrF2N3O. The molecule has 0 unspecified atom stereocenters. The maximum atomic E-state index is 12.2. The van der Waals surface area contributed by atoms with Gasteiger partial charge in [0.05, 0.1) is 0 Å². The summed E-state index contributed by atoms with van der Waals surface area (Å²) in [5.41, 5.74) is 0.538. The van der Waals surface area contributed by atoms with Gasteiger partial charge in [0, 0.05) is 11.8 Å². The lowest BCUT2D eigenvalue weighted by molar-refractivity contribution is 0.116. The molecular weight excluding hydrogens is 272 g/mol. The first-order valence-corrected chi connectivity index (χ1v) is 4.69. The topological polar surface area (TPSA) is 51.8 Å². The number of rotatable bonds is 2. The third-order valence-corrected chi connectivity index (χ3v) is 2.03. The largest absolute Gasteiger partial charge is 0.415 e. The first-order valence-electron chi connectivity index (χ1n) is 3.90. The van der Waals surface area contributed by atoms with Gasteiger partial charge >= 0.3 is 6.43 Å². The van der Waals surface area contributed by atoms with E-state index in [0.717, 1.165) is 0 Å². The molecule has 7 heteroatoms. The van der Waals surface area contributed by atoms with Crippen molar-refractivity contribution in [1.29, 1.82) is 0 Å². The predicted octanol–water partition coefficient (Wildman–Crippen LogP) is 2.83. The Hall–Kier alpha value is -1.37. The molecule has 0 fully saturated rings. The van der Waals surface area contributed by atoms with E-state index >= 15 is 0 Å². The standard InChI is InChI=1S/C8H4BrF2N3O/c9-5-3-4(1-2-12-5)7-13-14-8(15-7)6(10)11/h1-3,6H. The first-order chi connectivity index (χ1) is 7.16. The molecule has 2 aromatic heterocycles. The zero-order valence-corrected chi connectivity index (χ0v) is 8.78. The van der Waals surface area contributed by atoms with E-state index in [1.54, 1.807) is 12.1 Å². The minimum absolute atomic E-state index is 0.0494. The Balaban J connectivity index is 2.37. The van der Waals surface area contributed by atoms with Crippen molar-refractivity contribution in [3.05, 3.63) is 28.8 Å². The van der Waals surface area contributed by atoms with Crippen LogP contribution in [0.15, 0.2) is 27.3 Å². The van der Waals surface area contributed by atoms with E-state index in [1.807, 2.05) is 0 Å². The fourth-order valence-electron chi connectivity index (χ4n) is 0.975. The van der Waals surface area contributed by atoms with Crippen LogP contribution in [-0.4, -0.2) is 15.2 Å². The van der Waals surface area contributed by atoms with Crippen molar-refractivity contribution in [2.75, 3.05) is 0 Å². The molecule has 0 aliphatic heterocycles. The van der Waals surface area contributed by atoms with Crippen LogP contribution in [0.1, 0.15) is 12.3 Å². The molecule has 0 aromatic carbocycles. The summed E-state index contributed by atoms with van der Waals surface area (Å²) < 4.78 is 29.6. The second kappa shape index (κ2) is 4.01. The molecule has 2 rings (SSSR count). The minimum Gasteiger partial charge on any atom is -0.415 e. The number of hydrogen-bond acceptors (Lipinski definition) is 4. The van der Waals surface area contributed by atoms with Crippen LogP contribution in [0.3, 0.4) is 0 Å². The van der Waals surface area contributed by atoms with Crippen molar-refractivity contribution in [2.45, 2.75) is 6.43 Å². The molecule has 2 heterocycles. The lowest BCUT2D eigenvalue weighted by Crippen LogP contribution is -1.81. The van der Waals surface area contributed by atoms with Gasteiger partial charge in [0.25, 0.3) is 5.89 Å². The zero-order valence-electron chi connectivity index (χ0n) is 7.19. The van der Waals surface area contributed by atoms with E-state index in [1.165, 1.54) is 6.20 Å². The summed E-state index contributed by atoms with van der Waals surface area (Å²) in [5, 5.41) is 6.72. The molecule has 0 amide bonds. The fraction of sp³-hybridized carbons (Fsp3) is 0.125. The van der Waals surface area contributed by atoms with E-state index in [9.17, 15) is 8.78 Å². The van der Waals surface area contributed by atoms with E-state index in [2.05, 4.69) is 31.1 Å². The van der Waals surface area contributed by atoms with E-state index < -0.39 is 12.3 Å². The molecule has 0 saturated carbocycles. The molecule has 15 heavy (non-hydrogen) atoms. The van der Waals surface area contributed by atoms with E-state index in [0.29, 0.717) is 10.2 Å². The Labute approximate surface area is 91.5 Å². The summed E-state index contributed by atoms with van der Waals surface area (Å²) in [6.07, 6.45) is -1.25. The van der Waals surface area contributed by atoms with E-state index in [-0.39, 0.29) is 5.89 Å². The van der Waals surface area contributed by atoms with Crippen molar-refractivity contribution in [3.63, 3.8) is 0 Å². The van der Waals surface area contributed by atoms with Crippen molar-refractivity contribution in [1.82, 2.24) is 15.2 Å². The Bertz CT molecular complexity index is 474. The molecule has 0 atom stereocenters. The quantitative estimate of drug-likeness (QED) is 0.791. The molecule has 0 N–H and O–H groups in total. The normalized spacial score (nSPS) is 10.9. The summed E-state index contributed by atoms with van der Waals surface area (Å²) in [4.78, 5) is 3.89. The van der Waals surface area contributed by atoms with Gasteiger partial charge in [-0.15, -0.1) is 10.2 Å². The Morgan fingerprint density at radius 3 is 2.73 bits per heavy atom. The van der Waals surface area contributed by atoms with Crippen molar-refractivity contribution in [2.24, 2.45) is 0 Å². The van der Waals surface area contributed by atoms with Gasteiger partial charge in [-0.05, 0) is 28.1 Å². The van der Waals surface area contributed by atoms with Crippen LogP contribution in [0.2, 0.25) is 0 Å². The summed E-state index contributed by atoms with van der Waals surface area (Å²) in [5.74, 6) is -0.633. The molecule has 78 valence electrons. The molecule has 0 aliphatic rings. The number of alkyl halides is 2. The van der Waals surface area contributed by atoms with Crippen molar-refractivity contribution < 1.29 is 13.2 Å². The number of aromatic nitrogens is 3. The Morgan fingerprint density at radius 1 is 1.33 bits per heavy atom. The maximum absolute atomic E-state index is 12.2. The van der Waals surface area contributed by atoms with Crippen LogP contribution in [0, 0.1) is 0 Å². The predicted molar refractivity (Wildman–Crippen MR) is 50.2 cm³/mol. The Morgan fingerprint density at radius 2 is 2.13 bits per heavy atom. The molecule has 0 saturated heterocycles. The molecule has 0 bridgehead atoms. The highest BCUT2D eigenvalue weighted by Crippen LogP contribution is 2.24. The number of halogens is 3. The van der Waals surface area contributed by atoms with Gasteiger partial charge in [-0.2, -0.15) is 8.78 Å². The lowest BCUT2D eigenvalue weighted by Gasteiger charge is -1.94. The van der Waals surface area contributed by atoms with Crippen LogP contribution < -0.4 is 0 Å². The highest BCUT2D eigenvalue weighted by atomic mass is 79.9. The van der Waals surface area contributed by atoms with E-state index in [4.69, 9.17) is 4.42 Å². The van der Waals surface area contributed by atoms with Crippen LogP contribution >= 0.6 is 15.9 Å². The van der Waals surface area contributed by atoms with Gasteiger partial charge in [0.15, 0.2) is 0 Å². The number of nitrogens with zero attached hydrogens (tertiary/aromatic N) is 3. The smallest absolute Gasteiger partial charge is 0.314 e. The fourth-order valence-corrected chi connectivity index (χ4v) is 1.34. The van der Waals surface area contributed by atoms with Crippen molar-refractivity contribution in [3.8, 4) is 11.5 Å². The monoisotopic (exact) mass is 275 g/mol. The number of pyridine rings is 1. The third kappa shape index (κ3) is 2.17. The van der Waals surface area contributed by atoms with Crippen LogP contribution in [-0.2, 0) is 0 Å². The van der Waals surface area contributed by atoms with Crippen LogP contribution in [0.4, 0.5) is 8.78 Å². The van der Waals surface area contributed by atoms with Crippen LogP contribution in [0.25, 0.3) is 11.5 Å². The summed E-state index contributed by atoms with van der Waals surface area (Å²) >= 11 is 3.15. The molecule has 0 spiro atoms. The van der Waals surface area contributed by atoms with Gasteiger partial charge in [-0.1, -0.05) is 0 Å². The number of hydrogen-bond donors (Lipinski definition) is 0. The first kappa shape index (κ1) is 10.2. The average Bonchev–Trinajstić information content (AvgIpc) is 2.66. The zero-order chi connectivity index (χ0) is 10.8. The maximum Gasteiger partial charge on any atom is 0.314 e. The summed E-state index contributed by atoms with van der Waals surface area (Å²) in [6, 6.07) is 3.19. The van der Waals surface area contributed by atoms with Gasteiger partial charge < -0.3 is 4.42 Å². The van der Waals surface area contributed by atoms with Crippen molar-refractivity contribution >= 4 is 15.9 Å². The Kier molecular flexibility index (Phi) is 2.72. The highest BCUT2D eigenvalue weighted by molar-refractivity contribution is 9.10. The second-order valence-corrected chi connectivity index (χ2v) is 3.43. The molecule has 0 aliphatic carbocycles. The summed E-state index contributed by atoms with van der Waals surface area (Å²) in [7, 11) is 0. The third-order valence-electron chi connectivity index (χ3n) is 1.60. The highest BCUT2D eigenvalue weighted by Gasteiger charge is 2.16. The van der Waals surface area contributed by atoms with Crippen LogP contribution in [0.5, 0.6) is 0 Å². The lowest BCUT2D eigenvalue weighted by atomic mass is 10.3. The molecule has 0 radical (unpaired) electrons. The second-order valence-electron chi connectivity index (χ2n) is 2.61. The van der Waals surface area contributed by atoms with Gasteiger partial charge in [-0.3, -0.25) is 0 Å². The van der Waals surface area contributed by atoms with Gasteiger partial charge in [0.2, 0.25) is 5.89 Å². The van der Waals surface area contributed by atoms with Gasteiger partial charge in [-0.25, -0.2) is 4.98 Å². The SMILES string of the molecule is FC(F)c1nnc(-c2ccnc(Br)c2)o1. The minimum atomic E-state index is -2.75. The molecule has 2 aromatic rings. The average molecular weight is 276 g/mol.